The molecule has 0 radical (unpaired) electrons. The molecule has 36 heavy (non-hydrogen) atoms. The Hall–Kier alpha value is -4.33. The van der Waals surface area contributed by atoms with Gasteiger partial charge in [-0.05, 0) is 48.2 Å². The van der Waals surface area contributed by atoms with Crippen LogP contribution in [0.25, 0.3) is 10.9 Å². The van der Waals surface area contributed by atoms with Crippen LogP contribution in [-0.2, 0) is 30.7 Å². The molecule has 1 N–H and O–H groups in total. The van der Waals surface area contributed by atoms with Crippen LogP contribution >= 0.6 is 0 Å². The van der Waals surface area contributed by atoms with Gasteiger partial charge in [0.2, 0.25) is 5.91 Å². The van der Waals surface area contributed by atoms with Crippen molar-refractivity contribution < 1.29 is 14.3 Å². The molecular formula is C28H29N3O5. The number of aromatic nitrogens is 2. The highest BCUT2D eigenvalue weighted by molar-refractivity contribution is 5.81. The lowest BCUT2D eigenvalue weighted by atomic mass is 10.1. The van der Waals surface area contributed by atoms with Crippen molar-refractivity contribution in [3.63, 3.8) is 0 Å². The number of benzene rings is 3. The van der Waals surface area contributed by atoms with E-state index in [2.05, 4.69) is 5.32 Å². The van der Waals surface area contributed by atoms with E-state index in [0.29, 0.717) is 41.8 Å². The molecular weight excluding hydrogens is 458 g/mol. The molecule has 1 amide bonds. The summed E-state index contributed by atoms with van der Waals surface area (Å²) in [4.78, 5) is 39.2. The highest BCUT2D eigenvalue weighted by atomic mass is 16.5. The van der Waals surface area contributed by atoms with Crippen LogP contribution in [0.15, 0.2) is 82.4 Å². The molecule has 0 fully saturated rings. The number of amides is 1. The van der Waals surface area contributed by atoms with Crippen LogP contribution in [0.5, 0.6) is 11.5 Å². The van der Waals surface area contributed by atoms with Crippen molar-refractivity contribution in [2.75, 3.05) is 20.8 Å². The van der Waals surface area contributed by atoms with E-state index in [9.17, 15) is 14.4 Å². The van der Waals surface area contributed by atoms with Crippen molar-refractivity contribution in [3.05, 3.63) is 105 Å². The zero-order chi connectivity index (χ0) is 25.5. The van der Waals surface area contributed by atoms with Crippen LogP contribution in [0.4, 0.5) is 0 Å². The third-order valence-electron chi connectivity index (χ3n) is 6.08. The van der Waals surface area contributed by atoms with Crippen LogP contribution in [0.1, 0.15) is 11.1 Å². The SMILES string of the molecule is COc1ccc(CCNC(=O)Cn2c(=O)n(CCc3ccccc3)c(=O)c3ccccc32)cc1OC. The fourth-order valence-corrected chi connectivity index (χ4v) is 4.19. The minimum atomic E-state index is -0.496. The Balaban J connectivity index is 1.51. The third kappa shape index (κ3) is 5.49. The largest absolute Gasteiger partial charge is 0.493 e. The summed E-state index contributed by atoms with van der Waals surface area (Å²) in [5.74, 6) is 0.951. The van der Waals surface area contributed by atoms with Crippen molar-refractivity contribution >= 4 is 16.8 Å². The Kier molecular flexibility index (Phi) is 7.85. The first-order chi connectivity index (χ1) is 17.5. The number of carbonyl (C=O) groups excluding carboxylic acids is 1. The smallest absolute Gasteiger partial charge is 0.331 e. The minimum Gasteiger partial charge on any atom is -0.493 e. The zero-order valence-corrected chi connectivity index (χ0v) is 20.4. The van der Waals surface area contributed by atoms with E-state index in [1.54, 1.807) is 38.5 Å². The van der Waals surface area contributed by atoms with Crippen LogP contribution in [0.2, 0.25) is 0 Å². The summed E-state index contributed by atoms with van der Waals surface area (Å²) < 4.78 is 13.2. The first kappa shape index (κ1) is 24.8. The van der Waals surface area contributed by atoms with Gasteiger partial charge in [0.15, 0.2) is 11.5 Å². The van der Waals surface area contributed by atoms with E-state index in [1.807, 2.05) is 48.5 Å². The molecule has 0 bridgehead atoms. The van der Waals surface area contributed by atoms with Gasteiger partial charge >= 0.3 is 5.69 Å². The number of methoxy groups -OCH3 is 2. The fraction of sp³-hybridized carbons (Fsp3) is 0.250. The van der Waals surface area contributed by atoms with Gasteiger partial charge in [-0.1, -0.05) is 48.5 Å². The molecule has 0 spiro atoms. The summed E-state index contributed by atoms with van der Waals surface area (Å²) in [7, 11) is 3.15. The normalized spacial score (nSPS) is 10.8. The van der Waals surface area contributed by atoms with Crippen molar-refractivity contribution in [1.29, 1.82) is 0 Å². The maximum atomic E-state index is 13.3. The zero-order valence-electron chi connectivity index (χ0n) is 20.4. The van der Waals surface area contributed by atoms with Gasteiger partial charge in [0.05, 0.1) is 25.1 Å². The van der Waals surface area contributed by atoms with Gasteiger partial charge in [0.25, 0.3) is 5.56 Å². The van der Waals surface area contributed by atoms with Gasteiger partial charge in [-0.15, -0.1) is 0 Å². The molecule has 4 aromatic rings. The fourth-order valence-electron chi connectivity index (χ4n) is 4.19. The first-order valence-electron chi connectivity index (χ1n) is 11.8. The number of ether oxygens (including phenoxy) is 2. The number of nitrogens with one attached hydrogen (secondary N) is 1. The Morgan fingerprint density at radius 2 is 1.53 bits per heavy atom. The van der Waals surface area contributed by atoms with Crippen molar-refractivity contribution in [2.45, 2.75) is 25.9 Å². The molecule has 4 rings (SSSR count). The third-order valence-corrected chi connectivity index (χ3v) is 6.08. The molecule has 0 aliphatic carbocycles. The van der Waals surface area contributed by atoms with Crippen LogP contribution < -0.4 is 26.0 Å². The predicted octanol–water partition coefficient (Wildman–Crippen LogP) is 2.78. The Morgan fingerprint density at radius 3 is 2.28 bits per heavy atom. The summed E-state index contributed by atoms with van der Waals surface area (Å²) in [5.41, 5.74) is 1.60. The molecule has 0 aliphatic heterocycles. The van der Waals surface area contributed by atoms with Gasteiger partial charge in [0, 0.05) is 13.1 Å². The molecule has 3 aromatic carbocycles. The van der Waals surface area contributed by atoms with E-state index in [-0.39, 0.29) is 24.6 Å². The number of fused-ring (bicyclic) bond motifs is 1. The lowest BCUT2D eigenvalue weighted by Crippen LogP contribution is -2.43. The number of nitrogens with zero attached hydrogens (tertiary/aromatic N) is 2. The van der Waals surface area contributed by atoms with Crippen molar-refractivity contribution in [1.82, 2.24) is 14.5 Å². The summed E-state index contributed by atoms with van der Waals surface area (Å²) >= 11 is 0. The number of hydrogen-bond acceptors (Lipinski definition) is 5. The van der Waals surface area contributed by atoms with E-state index in [0.717, 1.165) is 11.1 Å². The second kappa shape index (κ2) is 11.4. The molecule has 8 nitrogen and oxygen atoms in total. The van der Waals surface area contributed by atoms with Gasteiger partial charge < -0.3 is 14.8 Å². The van der Waals surface area contributed by atoms with Gasteiger partial charge in [-0.2, -0.15) is 0 Å². The van der Waals surface area contributed by atoms with Crippen LogP contribution in [0.3, 0.4) is 0 Å². The number of hydrogen-bond donors (Lipinski definition) is 1. The Labute approximate surface area is 208 Å². The molecule has 1 aromatic heterocycles. The maximum Gasteiger partial charge on any atom is 0.331 e. The van der Waals surface area contributed by atoms with E-state index in [4.69, 9.17) is 9.47 Å². The first-order valence-corrected chi connectivity index (χ1v) is 11.8. The van der Waals surface area contributed by atoms with Crippen LogP contribution in [0, 0.1) is 0 Å². The molecule has 186 valence electrons. The molecule has 0 saturated heterocycles. The summed E-state index contributed by atoms with van der Waals surface area (Å²) in [6, 6.07) is 22.1. The summed E-state index contributed by atoms with van der Waals surface area (Å²) in [6.45, 7) is 0.430. The quantitative estimate of drug-likeness (QED) is 0.372. The molecule has 8 heteroatoms. The number of aryl methyl sites for hydroxylation is 1. The molecule has 0 atom stereocenters. The van der Waals surface area contributed by atoms with Crippen molar-refractivity contribution in [2.24, 2.45) is 0 Å². The van der Waals surface area contributed by atoms with Crippen molar-refractivity contribution in [3.8, 4) is 11.5 Å². The highest BCUT2D eigenvalue weighted by Crippen LogP contribution is 2.27. The minimum absolute atomic E-state index is 0.184. The van der Waals surface area contributed by atoms with E-state index < -0.39 is 5.69 Å². The van der Waals surface area contributed by atoms with Gasteiger partial charge in [0.1, 0.15) is 6.54 Å². The average molecular weight is 488 g/mol. The standard InChI is InChI=1S/C28H29N3O5/c1-35-24-13-12-21(18-25(24)36-2)14-16-29-26(32)19-31-23-11-7-6-10-22(23)27(33)30(28(31)34)17-15-20-8-4-3-5-9-20/h3-13,18H,14-17,19H2,1-2H3,(H,29,32). The Morgan fingerprint density at radius 1 is 0.806 bits per heavy atom. The van der Waals surface area contributed by atoms with E-state index >= 15 is 0 Å². The molecule has 0 aliphatic rings. The maximum absolute atomic E-state index is 13.3. The predicted molar refractivity (Wildman–Crippen MR) is 139 cm³/mol. The summed E-state index contributed by atoms with van der Waals surface area (Å²) in [5, 5.41) is 3.28. The van der Waals surface area contributed by atoms with E-state index in [1.165, 1.54) is 9.13 Å². The Bertz CT molecular complexity index is 1470. The average Bonchev–Trinajstić information content (AvgIpc) is 2.91. The molecule has 1 heterocycles. The monoisotopic (exact) mass is 487 g/mol. The number of carbonyl (C=O) groups is 1. The molecule has 0 unspecified atom stereocenters. The van der Waals surface area contributed by atoms with Gasteiger partial charge in [-0.3, -0.25) is 18.7 Å². The highest BCUT2D eigenvalue weighted by Gasteiger charge is 2.15. The van der Waals surface area contributed by atoms with Crippen LogP contribution in [-0.4, -0.2) is 35.8 Å². The number of para-hydroxylation sites is 1. The topological polar surface area (TPSA) is 91.6 Å². The second-order valence-electron chi connectivity index (χ2n) is 8.37. The lowest BCUT2D eigenvalue weighted by molar-refractivity contribution is -0.121. The van der Waals surface area contributed by atoms with Gasteiger partial charge in [-0.25, -0.2) is 4.79 Å². The number of rotatable bonds is 10. The second-order valence-corrected chi connectivity index (χ2v) is 8.37. The summed E-state index contributed by atoms with van der Waals surface area (Å²) in [6.07, 6.45) is 1.12. The lowest BCUT2D eigenvalue weighted by Gasteiger charge is -2.14. The molecule has 0 saturated carbocycles.